The van der Waals surface area contributed by atoms with E-state index in [2.05, 4.69) is 35.7 Å². The van der Waals surface area contributed by atoms with E-state index in [0.29, 0.717) is 5.92 Å². The molecule has 0 aliphatic heterocycles. The van der Waals surface area contributed by atoms with Crippen molar-refractivity contribution in [2.45, 2.75) is 51.6 Å². The zero-order valence-electron chi connectivity index (χ0n) is 12.4. The van der Waals surface area contributed by atoms with Gasteiger partial charge in [0, 0.05) is 12.6 Å². The smallest absolute Gasteiger partial charge is 0.308 e. The van der Waals surface area contributed by atoms with Crippen LogP contribution in [0, 0.1) is 11.8 Å². The van der Waals surface area contributed by atoms with Crippen LogP contribution in [0.1, 0.15) is 44.6 Å². The van der Waals surface area contributed by atoms with Crippen LogP contribution in [0.5, 0.6) is 0 Å². The highest BCUT2D eigenvalue weighted by atomic mass is 32.1. The lowest BCUT2D eigenvalue weighted by Crippen LogP contribution is -2.45. The second-order valence-corrected chi connectivity index (χ2v) is 6.81. The maximum atomic E-state index is 11.5. The van der Waals surface area contributed by atoms with Crippen molar-refractivity contribution in [1.82, 2.24) is 4.90 Å². The van der Waals surface area contributed by atoms with E-state index in [-0.39, 0.29) is 12.0 Å². The van der Waals surface area contributed by atoms with Crippen LogP contribution in [0.4, 0.5) is 0 Å². The van der Waals surface area contributed by atoms with E-state index in [1.807, 2.05) is 0 Å². The van der Waals surface area contributed by atoms with E-state index in [1.54, 1.807) is 11.3 Å². The van der Waals surface area contributed by atoms with E-state index in [0.717, 1.165) is 25.8 Å². The first-order chi connectivity index (χ1) is 9.61. The Labute approximate surface area is 125 Å². The van der Waals surface area contributed by atoms with Crippen molar-refractivity contribution in [3.8, 4) is 0 Å². The molecule has 1 saturated carbocycles. The minimum atomic E-state index is -0.623. The van der Waals surface area contributed by atoms with E-state index in [1.165, 1.54) is 18.4 Å². The highest BCUT2D eigenvalue weighted by Crippen LogP contribution is 2.35. The number of carboxylic acid groups (broad SMARTS) is 1. The van der Waals surface area contributed by atoms with Gasteiger partial charge in [-0.2, -0.15) is 11.3 Å². The van der Waals surface area contributed by atoms with E-state index in [4.69, 9.17) is 0 Å². The van der Waals surface area contributed by atoms with Crippen LogP contribution in [0.25, 0.3) is 0 Å². The fourth-order valence-electron chi connectivity index (χ4n) is 3.46. The lowest BCUT2D eigenvalue weighted by Gasteiger charge is -2.39. The van der Waals surface area contributed by atoms with Crippen molar-refractivity contribution in [2.75, 3.05) is 7.05 Å². The number of rotatable bonds is 6. The fourth-order valence-corrected chi connectivity index (χ4v) is 4.12. The predicted octanol–water partition coefficient (Wildman–Crippen LogP) is 3.85. The van der Waals surface area contributed by atoms with Crippen molar-refractivity contribution >= 4 is 17.3 Å². The molecule has 1 N–H and O–H groups in total. The number of hydrogen-bond donors (Lipinski definition) is 1. The van der Waals surface area contributed by atoms with Crippen LogP contribution in [0.15, 0.2) is 16.8 Å². The molecule has 1 aliphatic carbocycles. The summed E-state index contributed by atoms with van der Waals surface area (Å²) < 4.78 is 0. The molecule has 1 heterocycles. The Kier molecular flexibility index (Phi) is 5.61. The monoisotopic (exact) mass is 295 g/mol. The Bertz CT molecular complexity index is 418. The molecule has 2 rings (SSSR count). The van der Waals surface area contributed by atoms with E-state index < -0.39 is 5.97 Å². The van der Waals surface area contributed by atoms with Gasteiger partial charge in [0.2, 0.25) is 0 Å². The molecule has 3 nitrogen and oxygen atoms in total. The van der Waals surface area contributed by atoms with Gasteiger partial charge in [0.25, 0.3) is 0 Å². The maximum absolute atomic E-state index is 11.5. The standard InChI is InChI=1S/C16H25NO2S/c1-3-4-12-5-6-14(16(18)19)15(9-12)17(2)10-13-7-8-20-11-13/h7-8,11-12,14-15H,3-6,9-10H2,1-2H3,(H,18,19). The van der Waals surface area contributed by atoms with Gasteiger partial charge in [-0.15, -0.1) is 0 Å². The summed E-state index contributed by atoms with van der Waals surface area (Å²) in [6, 6.07) is 2.31. The summed E-state index contributed by atoms with van der Waals surface area (Å²) in [7, 11) is 2.08. The van der Waals surface area contributed by atoms with Crippen molar-refractivity contribution in [1.29, 1.82) is 0 Å². The summed E-state index contributed by atoms with van der Waals surface area (Å²) in [6.07, 6.45) is 5.37. The summed E-state index contributed by atoms with van der Waals surface area (Å²) in [5, 5.41) is 13.7. The largest absolute Gasteiger partial charge is 0.481 e. The number of thiophene rings is 1. The van der Waals surface area contributed by atoms with Gasteiger partial charge in [-0.05, 0) is 54.6 Å². The lowest BCUT2D eigenvalue weighted by molar-refractivity contribution is -0.146. The van der Waals surface area contributed by atoms with Crippen LogP contribution >= 0.6 is 11.3 Å². The topological polar surface area (TPSA) is 40.5 Å². The first-order valence-corrected chi connectivity index (χ1v) is 8.50. The quantitative estimate of drug-likeness (QED) is 0.866. The molecule has 1 fully saturated rings. The molecule has 1 aromatic rings. The molecule has 0 amide bonds. The van der Waals surface area contributed by atoms with Gasteiger partial charge in [-0.25, -0.2) is 0 Å². The normalized spacial score (nSPS) is 26.9. The van der Waals surface area contributed by atoms with Gasteiger partial charge < -0.3 is 5.11 Å². The first-order valence-electron chi connectivity index (χ1n) is 7.56. The van der Waals surface area contributed by atoms with Crippen LogP contribution in [0.2, 0.25) is 0 Å². The van der Waals surface area contributed by atoms with Gasteiger partial charge in [-0.1, -0.05) is 19.8 Å². The summed E-state index contributed by atoms with van der Waals surface area (Å²) in [6.45, 7) is 3.07. The van der Waals surface area contributed by atoms with Crippen molar-refractivity contribution < 1.29 is 9.90 Å². The van der Waals surface area contributed by atoms with E-state index in [9.17, 15) is 9.90 Å². The zero-order chi connectivity index (χ0) is 14.5. The second kappa shape index (κ2) is 7.23. The van der Waals surface area contributed by atoms with Gasteiger partial charge in [0.15, 0.2) is 0 Å². The van der Waals surface area contributed by atoms with Crippen LogP contribution in [-0.2, 0) is 11.3 Å². The van der Waals surface area contributed by atoms with Crippen LogP contribution in [0.3, 0.4) is 0 Å². The first kappa shape index (κ1) is 15.5. The molecular formula is C16H25NO2S. The molecule has 4 heteroatoms. The van der Waals surface area contributed by atoms with Crippen molar-refractivity contribution in [3.05, 3.63) is 22.4 Å². The third-order valence-corrected chi connectivity index (χ3v) is 5.25. The number of hydrogen-bond acceptors (Lipinski definition) is 3. The molecular weight excluding hydrogens is 270 g/mol. The predicted molar refractivity (Wildman–Crippen MR) is 82.9 cm³/mol. The molecule has 1 aliphatic rings. The SMILES string of the molecule is CCCC1CCC(C(=O)O)C(N(C)Cc2ccsc2)C1. The fraction of sp³-hybridized carbons (Fsp3) is 0.688. The molecule has 0 saturated heterocycles. The Morgan fingerprint density at radius 3 is 2.90 bits per heavy atom. The van der Waals surface area contributed by atoms with Crippen LogP contribution < -0.4 is 0 Å². The highest BCUT2D eigenvalue weighted by Gasteiger charge is 2.36. The van der Waals surface area contributed by atoms with Gasteiger partial charge in [0.05, 0.1) is 5.92 Å². The van der Waals surface area contributed by atoms with Gasteiger partial charge in [-0.3, -0.25) is 9.69 Å². The molecule has 0 bridgehead atoms. The average molecular weight is 295 g/mol. The maximum Gasteiger partial charge on any atom is 0.308 e. The second-order valence-electron chi connectivity index (χ2n) is 6.03. The number of carbonyl (C=O) groups is 1. The third kappa shape index (κ3) is 3.83. The summed E-state index contributed by atoms with van der Waals surface area (Å²) >= 11 is 1.70. The molecule has 0 radical (unpaired) electrons. The Morgan fingerprint density at radius 2 is 2.30 bits per heavy atom. The molecule has 20 heavy (non-hydrogen) atoms. The summed E-state index contributed by atoms with van der Waals surface area (Å²) in [5.41, 5.74) is 1.29. The lowest BCUT2D eigenvalue weighted by atomic mass is 9.76. The molecule has 3 unspecified atom stereocenters. The molecule has 0 aromatic carbocycles. The number of carboxylic acids is 1. The summed E-state index contributed by atoms with van der Waals surface area (Å²) in [5.74, 6) is -0.126. The van der Waals surface area contributed by atoms with E-state index >= 15 is 0 Å². The number of nitrogens with zero attached hydrogens (tertiary/aromatic N) is 1. The Balaban J connectivity index is 2.03. The minimum absolute atomic E-state index is 0.178. The van der Waals surface area contributed by atoms with Gasteiger partial charge >= 0.3 is 5.97 Å². The molecule has 1 aromatic heterocycles. The summed E-state index contributed by atoms with van der Waals surface area (Å²) in [4.78, 5) is 13.8. The molecule has 0 spiro atoms. The van der Waals surface area contributed by atoms with Gasteiger partial charge in [0.1, 0.15) is 0 Å². The Hall–Kier alpha value is -0.870. The van der Waals surface area contributed by atoms with Crippen molar-refractivity contribution in [3.63, 3.8) is 0 Å². The third-order valence-electron chi connectivity index (χ3n) is 4.52. The molecule has 3 atom stereocenters. The average Bonchev–Trinajstić information content (AvgIpc) is 2.91. The zero-order valence-corrected chi connectivity index (χ0v) is 13.2. The number of aliphatic carboxylic acids is 1. The molecule has 112 valence electrons. The van der Waals surface area contributed by atoms with Crippen molar-refractivity contribution in [2.24, 2.45) is 11.8 Å². The minimum Gasteiger partial charge on any atom is -0.481 e. The Morgan fingerprint density at radius 1 is 1.50 bits per heavy atom. The van der Waals surface area contributed by atoms with Crippen LogP contribution in [-0.4, -0.2) is 29.1 Å². The highest BCUT2D eigenvalue weighted by molar-refractivity contribution is 7.07.